The zero-order valence-electron chi connectivity index (χ0n) is 9.78. The van der Waals surface area contributed by atoms with Crippen LogP contribution in [0, 0.1) is 5.92 Å². The van der Waals surface area contributed by atoms with Gasteiger partial charge in [-0.15, -0.1) is 0 Å². The molecule has 2 rings (SSSR count). The van der Waals surface area contributed by atoms with Crippen molar-refractivity contribution in [1.82, 2.24) is 0 Å². The summed E-state index contributed by atoms with van der Waals surface area (Å²) in [6, 6.07) is 5.84. The second-order valence-corrected chi connectivity index (χ2v) is 5.13. The molecule has 0 spiro atoms. The van der Waals surface area contributed by atoms with Crippen LogP contribution in [0.1, 0.15) is 31.9 Å². The highest BCUT2D eigenvalue weighted by Crippen LogP contribution is 2.32. The average Bonchev–Trinajstić information content (AvgIpc) is 2.64. The molecular formula is C13H18ClNO. The van der Waals surface area contributed by atoms with E-state index >= 15 is 0 Å². The second kappa shape index (κ2) is 4.64. The van der Waals surface area contributed by atoms with Gasteiger partial charge in [0.2, 0.25) is 0 Å². The maximum atomic E-state index is 9.47. The maximum absolute atomic E-state index is 9.47. The van der Waals surface area contributed by atoms with Gasteiger partial charge in [0.1, 0.15) is 0 Å². The number of benzene rings is 1. The Labute approximate surface area is 102 Å². The van der Waals surface area contributed by atoms with Crippen LogP contribution >= 0.6 is 11.6 Å². The summed E-state index contributed by atoms with van der Waals surface area (Å²) in [6.45, 7) is 6.17. The molecule has 1 N–H and O–H groups in total. The summed E-state index contributed by atoms with van der Waals surface area (Å²) in [4.78, 5) is 2.32. The van der Waals surface area contributed by atoms with Gasteiger partial charge < -0.3 is 10.0 Å². The van der Waals surface area contributed by atoms with E-state index in [0.29, 0.717) is 0 Å². The highest BCUT2D eigenvalue weighted by atomic mass is 35.5. The van der Waals surface area contributed by atoms with E-state index in [9.17, 15) is 5.11 Å². The summed E-state index contributed by atoms with van der Waals surface area (Å²) in [7, 11) is 0. The van der Waals surface area contributed by atoms with Crippen LogP contribution < -0.4 is 4.90 Å². The van der Waals surface area contributed by atoms with Gasteiger partial charge >= 0.3 is 0 Å². The van der Waals surface area contributed by atoms with Crippen molar-refractivity contribution in [3.8, 4) is 0 Å². The van der Waals surface area contributed by atoms with E-state index in [1.165, 1.54) is 6.42 Å². The van der Waals surface area contributed by atoms with Gasteiger partial charge in [-0.2, -0.15) is 0 Å². The van der Waals surface area contributed by atoms with E-state index in [2.05, 4.69) is 11.8 Å². The summed E-state index contributed by atoms with van der Waals surface area (Å²) < 4.78 is 0. The lowest BCUT2D eigenvalue weighted by Crippen LogP contribution is -2.19. The number of halogens is 1. The number of aliphatic hydroxyl groups is 1. The lowest BCUT2D eigenvalue weighted by atomic mass is 10.1. The first kappa shape index (κ1) is 11.7. The monoisotopic (exact) mass is 239 g/mol. The van der Waals surface area contributed by atoms with Gasteiger partial charge in [-0.1, -0.05) is 24.6 Å². The van der Waals surface area contributed by atoms with E-state index in [0.717, 1.165) is 35.3 Å². The fourth-order valence-corrected chi connectivity index (χ4v) is 2.50. The fraction of sp³-hybridized carbons (Fsp3) is 0.538. The number of hydrogen-bond donors (Lipinski definition) is 1. The lowest BCUT2D eigenvalue weighted by Gasteiger charge is -2.20. The smallest absolute Gasteiger partial charge is 0.0762 e. The summed E-state index contributed by atoms with van der Waals surface area (Å²) in [5, 5.41) is 10.2. The molecule has 1 heterocycles. The predicted molar refractivity (Wildman–Crippen MR) is 68.1 cm³/mol. The zero-order valence-corrected chi connectivity index (χ0v) is 10.5. The van der Waals surface area contributed by atoms with Crippen LogP contribution in [-0.2, 0) is 0 Å². The highest BCUT2D eigenvalue weighted by molar-refractivity contribution is 6.33. The molecule has 1 aromatic rings. The minimum absolute atomic E-state index is 0.455. The Bertz CT molecular complexity index is 378. The van der Waals surface area contributed by atoms with Crippen molar-refractivity contribution in [3.05, 3.63) is 28.8 Å². The summed E-state index contributed by atoms with van der Waals surface area (Å²) in [5.41, 5.74) is 1.97. The van der Waals surface area contributed by atoms with Crippen molar-refractivity contribution in [3.63, 3.8) is 0 Å². The molecule has 1 saturated heterocycles. The van der Waals surface area contributed by atoms with Gasteiger partial charge in [0.25, 0.3) is 0 Å². The molecular weight excluding hydrogens is 222 g/mol. The number of hydrogen-bond acceptors (Lipinski definition) is 2. The van der Waals surface area contributed by atoms with Crippen LogP contribution in [0.15, 0.2) is 18.2 Å². The highest BCUT2D eigenvalue weighted by Gasteiger charge is 2.20. The molecule has 1 aliphatic rings. The molecule has 0 aliphatic carbocycles. The van der Waals surface area contributed by atoms with Crippen molar-refractivity contribution in [2.24, 2.45) is 5.92 Å². The molecule has 0 amide bonds. The third-order valence-electron chi connectivity index (χ3n) is 3.22. The number of rotatable bonds is 2. The van der Waals surface area contributed by atoms with E-state index in [4.69, 9.17) is 11.6 Å². The van der Waals surface area contributed by atoms with E-state index in [-0.39, 0.29) is 0 Å². The number of anilines is 1. The van der Waals surface area contributed by atoms with Gasteiger partial charge in [0, 0.05) is 13.1 Å². The second-order valence-electron chi connectivity index (χ2n) is 4.73. The quantitative estimate of drug-likeness (QED) is 0.857. The minimum atomic E-state index is -0.455. The predicted octanol–water partition coefficient (Wildman–Crippen LogP) is 3.24. The molecule has 0 radical (unpaired) electrons. The first-order chi connectivity index (χ1) is 7.58. The Hall–Kier alpha value is -0.730. The molecule has 0 aromatic heterocycles. The Kier molecular flexibility index (Phi) is 3.41. The molecule has 2 atom stereocenters. The summed E-state index contributed by atoms with van der Waals surface area (Å²) >= 11 is 6.25. The van der Waals surface area contributed by atoms with Gasteiger partial charge in [-0.05, 0) is 37.0 Å². The largest absolute Gasteiger partial charge is 0.389 e. The van der Waals surface area contributed by atoms with Gasteiger partial charge in [-0.3, -0.25) is 0 Å². The minimum Gasteiger partial charge on any atom is -0.389 e. The normalized spacial score (nSPS) is 22.5. The zero-order chi connectivity index (χ0) is 11.7. The molecule has 1 aliphatic heterocycles. The molecule has 88 valence electrons. The third-order valence-corrected chi connectivity index (χ3v) is 3.52. The first-order valence-corrected chi connectivity index (χ1v) is 6.18. The fourth-order valence-electron chi connectivity index (χ4n) is 2.19. The van der Waals surface area contributed by atoms with E-state index in [1.54, 1.807) is 6.92 Å². The topological polar surface area (TPSA) is 23.5 Å². The van der Waals surface area contributed by atoms with Crippen LogP contribution in [0.25, 0.3) is 0 Å². The molecule has 0 bridgehead atoms. The van der Waals surface area contributed by atoms with Crippen molar-refractivity contribution < 1.29 is 5.11 Å². The van der Waals surface area contributed by atoms with Crippen molar-refractivity contribution >= 4 is 17.3 Å². The van der Waals surface area contributed by atoms with Crippen LogP contribution in [0.5, 0.6) is 0 Å². The van der Waals surface area contributed by atoms with Gasteiger partial charge in [0.05, 0.1) is 16.8 Å². The molecule has 16 heavy (non-hydrogen) atoms. The Morgan fingerprint density at radius 3 is 2.75 bits per heavy atom. The van der Waals surface area contributed by atoms with Gasteiger partial charge in [0.15, 0.2) is 0 Å². The van der Waals surface area contributed by atoms with Crippen LogP contribution in [0.2, 0.25) is 5.02 Å². The van der Waals surface area contributed by atoms with Crippen LogP contribution in [0.3, 0.4) is 0 Å². The number of aliphatic hydroxyl groups excluding tert-OH is 1. The van der Waals surface area contributed by atoms with Crippen molar-refractivity contribution in [1.29, 1.82) is 0 Å². The Morgan fingerprint density at radius 2 is 2.25 bits per heavy atom. The Morgan fingerprint density at radius 1 is 1.50 bits per heavy atom. The molecule has 3 heteroatoms. The molecule has 1 aromatic carbocycles. The van der Waals surface area contributed by atoms with Crippen molar-refractivity contribution in [2.75, 3.05) is 18.0 Å². The molecule has 0 saturated carbocycles. The van der Waals surface area contributed by atoms with Crippen molar-refractivity contribution in [2.45, 2.75) is 26.4 Å². The lowest BCUT2D eigenvalue weighted by molar-refractivity contribution is 0.199. The molecule has 2 nitrogen and oxygen atoms in total. The SMILES string of the molecule is CC1CCN(c2ccc(C(C)O)cc2Cl)C1. The third kappa shape index (κ3) is 2.33. The van der Waals surface area contributed by atoms with Gasteiger partial charge in [-0.25, -0.2) is 0 Å². The van der Waals surface area contributed by atoms with Crippen LogP contribution in [-0.4, -0.2) is 18.2 Å². The maximum Gasteiger partial charge on any atom is 0.0762 e. The van der Waals surface area contributed by atoms with E-state index < -0.39 is 6.10 Å². The van der Waals surface area contributed by atoms with Crippen LogP contribution in [0.4, 0.5) is 5.69 Å². The summed E-state index contributed by atoms with van der Waals surface area (Å²) in [5.74, 6) is 0.743. The standard InChI is InChI=1S/C13H18ClNO/c1-9-5-6-15(8-9)13-4-3-11(10(2)16)7-12(13)14/h3-4,7,9-10,16H,5-6,8H2,1-2H3. The first-order valence-electron chi connectivity index (χ1n) is 5.80. The average molecular weight is 240 g/mol. The number of nitrogens with zero attached hydrogens (tertiary/aromatic N) is 1. The Balaban J connectivity index is 2.22. The summed E-state index contributed by atoms with van der Waals surface area (Å²) in [6.07, 6.45) is 0.776. The molecule has 1 fully saturated rings. The van der Waals surface area contributed by atoms with E-state index in [1.807, 2.05) is 18.2 Å². The molecule has 2 unspecified atom stereocenters.